The molecule has 0 unspecified atom stereocenters. The molecular weight excluding hydrogens is 532 g/mol. The highest BCUT2D eigenvalue weighted by molar-refractivity contribution is 6.13. The van der Waals surface area contributed by atoms with Crippen molar-refractivity contribution < 1.29 is 14.3 Å². The Hall–Kier alpha value is -5.00. The van der Waals surface area contributed by atoms with E-state index in [9.17, 15) is 9.59 Å². The lowest BCUT2D eigenvalue weighted by atomic mass is 9.76. The van der Waals surface area contributed by atoms with Crippen molar-refractivity contribution in [1.82, 2.24) is 5.32 Å². The van der Waals surface area contributed by atoms with E-state index in [-0.39, 0.29) is 5.91 Å². The molecule has 0 aromatic heterocycles. The molecule has 0 saturated carbocycles. The summed E-state index contributed by atoms with van der Waals surface area (Å²) in [5.41, 5.74) is 3.71. The summed E-state index contributed by atoms with van der Waals surface area (Å²) in [6.45, 7) is 5.66. The maximum absolute atomic E-state index is 13.9. The topological polar surface area (TPSA) is 58.6 Å². The Kier molecular flexibility index (Phi) is 7.43. The zero-order chi connectivity index (χ0) is 30.0. The second kappa shape index (κ2) is 11.3. The van der Waals surface area contributed by atoms with Gasteiger partial charge in [0.25, 0.3) is 0 Å². The van der Waals surface area contributed by atoms with Crippen LogP contribution in [-0.4, -0.2) is 17.9 Å². The van der Waals surface area contributed by atoms with Crippen molar-refractivity contribution in [1.29, 1.82) is 0 Å². The van der Waals surface area contributed by atoms with Gasteiger partial charge in [0.1, 0.15) is 6.04 Å². The van der Waals surface area contributed by atoms with Crippen molar-refractivity contribution in [3.8, 4) is 5.75 Å². The lowest BCUT2D eigenvalue weighted by Crippen LogP contribution is -2.52. The SMILES string of the molecule is C[C@H](NC(c1ccccc1)(c1ccccc1)c1ccccc1)C(=O)Oc1ccccc1N1C(=O)C(C)(C)c2ccccc21. The highest BCUT2D eigenvalue weighted by Crippen LogP contribution is 2.47. The first-order valence-corrected chi connectivity index (χ1v) is 14.5. The van der Waals surface area contributed by atoms with Crippen LogP contribution in [0.4, 0.5) is 11.4 Å². The lowest BCUT2D eigenvalue weighted by molar-refractivity contribution is -0.136. The van der Waals surface area contributed by atoms with Crippen LogP contribution in [0.3, 0.4) is 0 Å². The van der Waals surface area contributed by atoms with Crippen LogP contribution in [0.25, 0.3) is 0 Å². The molecule has 5 heteroatoms. The van der Waals surface area contributed by atoms with Gasteiger partial charge in [0.2, 0.25) is 5.91 Å². The van der Waals surface area contributed by atoms with Crippen molar-refractivity contribution in [2.24, 2.45) is 0 Å². The summed E-state index contributed by atoms with van der Waals surface area (Å²) in [6, 6.07) is 44.6. The number of nitrogens with zero attached hydrogens (tertiary/aromatic N) is 1. The number of hydrogen-bond donors (Lipinski definition) is 1. The first kappa shape index (κ1) is 28.1. The third-order valence-corrected chi connectivity index (χ3v) is 8.28. The molecule has 5 aromatic rings. The number of benzene rings is 5. The fourth-order valence-electron chi connectivity index (χ4n) is 6.06. The quantitative estimate of drug-likeness (QED) is 0.120. The van der Waals surface area contributed by atoms with E-state index in [1.807, 2.05) is 118 Å². The van der Waals surface area contributed by atoms with Gasteiger partial charge in [-0.2, -0.15) is 0 Å². The molecule has 1 aliphatic heterocycles. The van der Waals surface area contributed by atoms with E-state index in [4.69, 9.17) is 4.74 Å². The van der Waals surface area contributed by atoms with Gasteiger partial charge in [-0.05, 0) is 61.2 Å². The molecule has 1 N–H and O–H groups in total. The molecule has 0 spiro atoms. The van der Waals surface area contributed by atoms with Crippen LogP contribution >= 0.6 is 0 Å². The van der Waals surface area contributed by atoms with Gasteiger partial charge < -0.3 is 4.74 Å². The molecule has 1 amide bonds. The van der Waals surface area contributed by atoms with Crippen LogP contribution < -0.4 is 15.0 Å². The number of fused-ring (bicyclic) bond motifs is 1. The number of nitrogens with one attached hydrogen (secondary N) is 1. The van der Waals surface area contributed by atoms with Crippen LogP contribution in [-0.2, 0) is 20.5 Å². The number of amides is 1. The molecular formula is C38H34N2O3. The Morgan fingerprint density at radius 2 is 1.12 bits per heavy atom. The monoisotopic (exact) mass is 566 g/mol. The molecule has 5 aromatic carbocycles. The standard InChI is InChI=1S/C38H34N2O3/c1-27(39-38(28-17-7-4-8-18-28,29-19-9-5-10-20-29)30-21-11-6-12-22-30)35(41)43-34-26-16-15-25-33(34)40-32-24-14-13-23-31(32)37(2,3)36(40)42/h4-27,39H,1-3H3/t27-/m0/s1. The number of hydrogen-bond acceptors (Lipinski definition) is 4. The number of esters is 1. The Balaban J connectivity index is 1.37. The minimum Gasteiger partial charge on any atom is -0.423 e. The molecule has 0 radical (unpaired) electrons. The summed E-state index contributed by atoms with van der Waals surface area (Å²) in [5, 5.41) is 3.67. The molecule has 0 fully saturated rings. The summed E-state index contributed by atoms with van der Waals surface area (Å²) < 4.78 is 6.11. The third-order valence-electron chi connectivity index (χ3n) is 8.28. The second-order valence-electron chi connectivity index (χ2n) is 11.4. The summed E-state index contributed by atoms with van der Waals surface area (Å²) in [4.78, 5) is 29.3. The highest BCUT2D eigenvalue weighted by Gasteiger charge is 2.45. The molecule has 1 heterocycles. The van der Waals surface area contributed by atoms with Crippen LogP contribution in [0.1, 0.15) is 43.0 Å². The summed E-state index contributed by atoms with van der Waals surface area (Å²) in [7, 11) is 0. The van der Waals surface area contributed by atoms with E-state index in [1.165, 1.54) is 0 Å². The van der Waals surface area contributed by atoms with Gasteiger partial charge in [0, 0.05) is 0 Å². The molecule has 5 nitrogen and oxygen atoms in total. The summed E-state index contributed by atoms with van der Waals surface area (Å²) >= 11 is 0. The molecule has 0 bridgehead atoms. The van der Waals surface area contributed by atoms with Crippen LogP contribution in [0.5, 0.6) is 5.75 Å². The number of rotatable bonds is 8. The number of ether oxygens (including phenoxy) is 1. The van der Waals surface area contributed by atoms with Gasteiger partial charge in [0.05, 0.1) is 22.3 Å². The second-order valence-corrected chi connectivity index (χ2v) is 11.4. The van der Waals surface area contributed by atoms with Gasteiger partial charge in [-0.3, -0.25) is 15.0 Å². The van der Waals surface area contributed by atoms with Gasteiger partial charge in [-0.15, -0.1) is 0 Å². The first-order chi connectivity index (χ1) is 20.8. The average Bonchev–Trinajstić information content (AvgIpc) is 3.25. The number of carbonyl (C=O) groups is 2. The minimum atomic E-state index is -0.838. The van der Waals surface area contributed by atoms with Crippen molar-refractivity contribution in [3.63, 3.8) is 0 Å². The fraction of sp³-hybridized carbons (Fsp3) is 0.158. The van der Waals surface area contributed by atoms with E-state index in [0.717, 1.165) is 27.9 Å². The van der Waals surface area contributed by atoms with Crippen molar-refractivity contribution >= 4 is 23.3 Å². The Morgan fingerprint density at radius 3 is 1.65 bits per heavy atom. The van der Waals surface area contributed by atoms with Crippen LogP contribution in [0.2, 0.25) is 0 Å². The Labute approximate surface area is 252 Å². The maximum Gasteiger partial charge on any atom is 0.328 e. The van der Waals surface area contributed by atoms with Crippen molar-refractivity contribution in [2.45, 2.75) is 37.8 Å². The molecule has 43 heavy (non-hydrogen) atoms. The van der Waals surface area contributed by atoms with E-state index < -0.39 is 23.0 Å². The minimum absolute atomic E-state index is 0.0698. The average molecular weight is 567 g/mol. The molecule has 1 aliphatic rings. The number of carbonyl (C=O) groups excluding carboxylic acids is 2. The molecule has 6 rings (SSSR count). The van der Waals surface area contributed by atoms with E-state index in [2.05, 4.69) is 41.7 Å². The third kappa shape index (κ3) is 4.92. The van der Waals surface area contributed by atoms with Crippen molar-refractivity contribution in [3.05, 3.63) is 162 Å². The summed E-state index contributed by atoms with van der Waals surface area (Å²) in [5.74, 6) is -0.204. The van der Waals surface area contributed by atoms with Gasteiger partial charge in [0.15, 0.2) is 5.75 Å². The van der Waals surface area contributed by atoms with Gasteiger partial charge in [-0.1, -0.05) is 121 Å². The first-order valence-electron chi connectivity index (χ1n) is 14.5. The fourth-order valence-corrected chi connectivity index (χ4v) is 6.06. The number of anilines is 2. The Bertz CT molecular complexity index is 1650. The molecule has 1 atom stereocenters. The zero-order valence-electron chi connectivity index (χ0n) is 24.5. The Morgan fingerprint density at radius 1 is 0.674 bits per heavy atom. The molecule has 214 valence electrons. The van der Waals surface area contributed by atoms with Crippen molar-refractivity contribution in [2.75, 3.05) is 4.90 Å². The van der Waals surface area contributed by atoms with Crippen LogP contribution in [0, 0.1) is 0 Å². The zero-order valence-corrected chi connectivity index (χ0v) is 24.5. The predicted octanol–water partition coefficient (Wildman–Crippen LogP) is 7.52. The van der Waals surface area contributed by atoms with E-state index >= 15 is 0 Å². The molecule has 0 saturated heterocycles. The molecule has 0 aliphatic carbocycles. The van der Waals surface area contributed by atoms with Crippen LogP contribution in [0.15, 0.2) is 140 Å². The van der Waals surface area contributed by atoms with Gasteiger partial charge >= 0.3 is 5.97 Å². The largest absolute Gasteiger partial charge is 0.423 e. The number of para-hydroxylation sites is 3. The highest BCUT2D eigenvalue weighted by atomic mass is 16.5. The predicted molar refractivity (Wildman–Crippen MR) is 170 cm³/mol. The lowest BCUT2D eigenvalue weighted by Gasteiger charge is -2.39. The normalized spacial score (nSPS) is 14.7. The van der Waals surface area contributed by atoms with Gasteiger partial charge in [-0.25, -0.2) is 4.79 Å². The maximum atomic E-state index is 13.9. The smallest absolute Gasteiger partial charge is 0.328 e. The summed E-state index contributed by atoms with van der Waals surface area (Å²) in [6.07, 6.45) is 0. The van der Waals surface area contributed by atoms with E-state index in [1.54, 1.807) is 11.0 Å². The van der Waals surface area contributed by atoms with E-state index in [0.29, 0.717) is 11.4 Å².